The Hall–Kier alpha value is -2.08. The SMILES string of the molecule is C/C=C/C=C/C(=O)SCCC(=O)OCCCCCCCCCCCCCCCCCC.CCCCCCCCCCCCCCCCCCOC(=O)CCSC(=O)CC(CC(C)SCCNC(C)=O)SCCNC(C)=O.O=CNCCS. The van der Waals surface area contributed by atoms with Crippen LogP contribution in [0.3, 0.4) is 0 Å². The maximum absolute atomic E-state index is 12.7. The molecule has 0 saturated carbocycles. The quantitative estimate of drug-likeness (QED) is 0.0113. The molecular weight excluding hydrogens is 1130 g/mol. The number of thioether (sulfide) groups is 4. The van der Waals surface area contributed by atoms with Crippen LogP contribution in [0.4, 0.5) is 0 Å². The van der Waals surface area contributed by atoms with Gasteiger partial charge in [-0.05, 0) is 32.3 Å². The summed E-state index contributed by atoms with van der Waals surface area (Å²) in [5.74, 6) is 2.71. The summed E-state index contributed by atoms with van der Waals surface area (Å²) in [5.41, 5.74) is 0. The average Bonchev–Trinajstić information content (AvgIpc) is 3.45. The average molecular weight is 1250 g/mol. The summed E-state index contributed by atoms with van der Waals surface area (Å²) in [6, 6.07) is 0. The van der Waals surface area contributed by atoms with Crippen LogP contribution in [0.5, 0.6) is 0 Å². The molecule has 0 rings (SSSR count). The van der Waals surface area contributed by atoms with Crippen LogP contribution in [0, 0.1) is 0 Å². The van der Waals surface area contributed by atoms with Gasteiger partial charge in [0, 0.05) is 79.2 Å². The fourth-order valence-corrected chi connectivity index (χ4v) is 12.6. The molecule has 0 aliphatic heterocycles. The van der Waals surface area contributed by atoms with Gasteiger partial charge in [-0.15, -0.1) is 0 Å². The second-order valence-corrected chi connectivity index (χ2v) is 26.8. The summed E-state index contributed by atoms with van der Waals surface area (Å²) in [7, 11) is 0. The van der Waals surface area contributed by atoms with E-state index >= 15 is 0 Å². The van der Waals surface area contributed by atoms with Gasteiger partial charge in [-0.25, -0.2) is 0 Å². The molecule has 12 nitrogen and oxygen atoms in total. The maximum Gasteiger partial charge on any atom is 0.306 e. The molecule has 0 aromatic heterocycles. The highest BCUT2D eigenvalue weighted by molar-refractivity contribution is 8.14. The fraction of sp³-hybridized carbons (Fsp3) is 0.831. The summed E-state index contributed by atoms with van der Waals surface area (Å²) in [5, 5.41) is 8.61. The molecular formula is C65H121N3O9S5. The van der Waals surface area contributed by atoms with E-state index < -0.39 is 0 Å². The summed E-state index contributed by atoms with van der Waals surface area (Å²) in [6.45, 7) is 14.5. The van der Waals surface area contributed by atoms with Crippen molar-refractivity contribution in [3.05, 3.63) is 24.3 Å². The third kappa shape index (κ3) is 75.9. The third-order valence-electron chi connectivity index (χ3n) is 13.2. The van der Waals surface area contributed by atoms with E-state index in [1.165, 1.54) is 211 Å². The Kier molecular flexibility index (Phi) is 73.3. The minimum absolute atomic E-state index is 0.0243. The van der Waals surface area contributed by atoms with Crippen molar-refractivity contribution >= 4 is 100 Å². The molecule has 17 heteroatoms. The van der Waals surface area contributed by atoms with Gasteiger partial charge >= 0.3 is 11.9 Å². The number of unbranched alkanes of at least 4 members (excludes halogenated alkanes) is 30. The lowest BCUT2D eigenvalue weighted by molar-refractivity contribution is -0.144. The van der Waals surface area contributed by atoms with Crippen LogP contribution in [0.15, 0.2) is 24.3 Å². The van der Waals surface area contributed by atoms with Crippen molar-refractivity contribution in [2.75, 3.05) is 61.6 Å². The minimum atomic E-state index is -0.221. The van der Waals surface area contributed by atoms with Crippen LogP contribution in [0.1, 0.15) is 273 Å². The molecule has 0 aromatic carbocycles. The highest BCUT2D eigenvalue weighted by Gasteiger charge is 2.19. The lowest BCUT2D eigenvalue weighted by atomic mass is 10.0. The maximum atomic E-state index is 12.7. The van der Waals surface area contributed by atoms with Crippen molar-refractivity contribution in [2.24, 2.45) is 0 Å². The predicted molar refractivity (Wildman–Crippen MR) is 362 cm³/mol. The monoisotopic (exact) mass is 1250 g/mol. The predicted octanol–water partition coefficient (Wildman–Crippen LogP) is 17.0. The summed E-state index contributed by atoms with van der Waals surface area (Å²) in [4.78, 5) is 79.7. The van der Waals surface area contributed by atoms with Gasteiger partial charge in [-0.3, -0.25) is 33.6 Å². The Morgan fingerprint density at radius 1 is 0.500 bits per heavy atom. The van der Waals surface area contributed by atoms with Crippen LogP contribution in [-0.2, 0) is 43.0 Å². The van der Waals surface area contributed by atoms with E-state index in [1.807, 2.05) is 19.1 Å². The van der Waals surface area contributed by atoms with Gasteiger partial charge in [0.05, 0.1) is 26.1 Å². The molecule has 0 spiro atoms. The molecule has 0 bridgehead atoms. The van der Waals surface area contributed by atoms with Crippen molar-refractivity contribution < 1.29 is 43.0 Å². The lowest BCUT2D eigenvalue weighted by Crippen LogP contribution is -2.25. The number of carbonyl (C=O) groups excluding carboxylic acids is 7. The molecule has 0 fully saturated rings. The first-order valence-corrected chi connectivity index (χ1v) is 37.0. The first kappa shape index (κ1) is 84.1. The number of nitrogens with one attached hydrogen (secondary N) is 3. The number of esters is 2. The molecule has 0 aliphatic carbocycles. The lowest BCUT2D eigenvalue weighted by Gasteiger charge is -2.20. The smallest absolute Gasteiger partial charge is 0.306 e. The molecule has 480 valence electrons. The zero-order chi connectivity index (χ0) is 61.0. The molecule has 0 heterocycles. The zero-order valence-corrected chi connectivity index (χ0v) is 57.0. The zero-order valence-electron chi connectivity index (χ0n) is 52.8. The molecule has 3 amide bonds. The first-order valence-electron chi connectivity index (χ1n) is 32.3. The molecule has 2 unspecified atom stereocenters. The number of allylic oxidation sites excluding steroid dienone is 3. The molecule has 0 radical (unpaired) electrons. The number of hydrogen-bond donors (Lipinski definition) is 4. The number of thiol groups is 1. The van der Waals surface area contributed by atoms with Gasteiger partial charge in [0.25, 0.3) is 0 Å². The molecule has 82 heavy (non-hydrogen) atoms. The van der Waals surface area contributed by atoms with Crippen molar-refractivity contribution in [2.45, 2.75) is 283 Å². The second kappa shape index (κ2) is 71.4. The summed E-state index contributed by atoms with van der Waals surface area (Å²) >= 11 is 9.70. The number of hydrogen-bond acceptors (Lipinski definition) is 14. The van der Waals surface area contributed by atoms with E-state index in [4.69, 9.17) is 9.47 Å². The van der Waals surface area contributed by atoms with Crippen LogP contribution < -0.4 is 16.0 Å². The first-order chi connectivity index (χ1) is 39.9. The summed E-state index contributed by atoms with van der Waals surface area (Å²) in [6.07, 6.45) is 51.9. The summed E-state index contributed by atoms with van der Waals surface area (Å²) < 4.78 is 10.6. The number of carbonyl (C=O) groups is 7. The van der Waals surface area contributed by atoms with Gasteiger partial charge in [0.1, 0.15) is 0 Å². The Balaban J connectivity index is -0.00000146. The second-order valence-electron chi connectivity index (χ2n) is 21.2. The van der Waals surface area contributed by atoms with Crippen LogP contribution in [0.2, 0.25) is 0 Å². The highest BCUT2D eigenvalue weighted by Crippen LogP contribution is 2.28. The number of ether oxygens (including phenoxy) is 2. The molecule has 2 atom stereocenters. The third-order valence-corrected chi connectivity index (χ3v) is 17.6. The van der Waals surface area contributed by atoms with Crippen molar-refractivity contribution in [1.29, 1.82) is 0 Å². The Morgan fingerprint density at radius 2 is 0.878 bits per heavy atom. The normalized spacial score (nSPS) is 11.7. The number of rotatable bonds is 57. The van der Waals surface area contributed by atoms with Crippen LogP contribution in [-0.4, -0.2) is 113 Å². The molecule has 0 aliphatic rings. The van der Waals surface area contributed by atoms with Gasteiger partial charge in [-0.2, -0.15) is 36.2 Å². The molecule has 3 N–H and O–H groups in total. The van der Waals surface area contributed by atoms with Crippen molar-refractivity contribution in [3.63, 3.8) is 0 Å². The van der Waals surface area contributed by atoms with Crippen LogP contribution >= 0.6 is 59.7 Å². The minimum Gasteiger partial charge on any atom is -0.466 e. The Morgan fingerprint density at radius 3 is 1.23 bits per heavy atom. The molecule has 0 saturated heterocycles. The van der Waals surface area contributed by atoms with Gasteiger partial charge in [0.2, 0.25) is 23.3 Å². The van der Waals surface area contributed by atoms with E-state index in [2.05, 4.69) is 49.4 Å². The van der Waals surface area contributed by atoms with Gasteiger partial charge in [-0.1, -0.05) is 255 Å². The number of amides is 3. The Bertz CT molecular complexity index is 1540. The fourth-order valence-electron chi connectivity index (χ4n) is 8.55. The van der Waals surface area contributed by atoms with Gasteiger partial charge < -0.3 is 25.4 Å². The van der Waals surface area contributed by atoms with Crippen LogP contribution in [0.25, 0.3) is 0 Å². The van der Waals surface area contributed by atoms with Crippen molar-refractivity contribution in [1.82, 2.24) is 16.0 Å². The van der Waals surface area contributed by atoms with E-state index in [0.717, 1.165) is 55.4 Å². The van der Waals surface area contributed by atoms with E-state index in [1.54, 1.807) is 29.6 Å². The van der Waals surface area contributed by atoms with Gasteiger partial charge in [0.15, 0.2) is 5.12 Å². The topological polar surface area (TPSA) is 174 Å². The van der Waals surface area contributed by atoms with E-state index in [-0.39, 0.29) is 45.7 Å². The van der Waals surface area contributed by atoms with E-state index in [0.29, 0.717) is 74.6 Å². The van der Waals surface area contributed by atoms with Crippen molar-refractivity contribution in [3.8, 4) is 0 Å². The standard InChI is InChI=1S/C35H66N2O5S3.C27H48O3S.C3H7NOS/c1-5-6-7-8-9-10-11-12-13-14-15-16-17-18-19-20-24-42-34(40)21-25-45-35(41)29-33(44-27-23-37-32(4)39)28-30(2)43-26-22-36-31(3)38;1-3-5-7-8-9-10-11-12-13-14-15-16-17-18-19-21-24-30-26(28)23-25-31-27(29)22-20-6-4-2;5-3-4-1-2-6/h30,33H,5-29H2,1-4H3,(H,36,38)(H,37,39);4,6,20,22H,3,5,7-19,21,23-25H2,1-2H3;3,6H,1-2H2,(H,4,5)/b;6-4+,22-20+;. The van der Waals surface area contributed by atoms with E-state index in [9.17, 15) is 33.6 Å². The Labute approximate surface area is 524 Å². The largest absolute Gasteiger partial charge is 0.466 e. The molecule has 0 aromatic rings. The highest BCUT2D eigenvalue weighted by atomic mass is 32.2.